The zero-order valence-corrected chi connectivity index (χ0v) is 11.1. The third-order valence-corrected chi connectivity index (χ3v) is 4.62. The van der Waals surface area contributed by atoms with Gasteiger partial charge >= 0.3 is 0 Å². The molecule has 2 nitrogen and oxygen atoms in total. The van der Waals surface area contributed by atoms with Crippen molar-refractivity contribution in [3.63, 3.8) is 0 Å². The van der Waals surface area contributed by atoms with Crippen molar-refractivity contribution in [2.75, 3.05) is 13.1 Å². The summed E-state index contributed by atoms with van der Waals surface area (Å²) in [7, 11) is 0. The van der Waals surface area contributed by atoms with Crippen LogP contribution in [0.2, 0.25) is 0 Å². The molecule has 1 aliphatic carbocycles. The van der Waals surface area contributed by atoms with Crippen molar-refractivity contribution in [3.8, 4) is 0 Å². The molecule has 0 aromatic rings. The molecular weight excluding hydrogens is 198 g/mol. The molecule has 0 spiro atoms. The van der Waals surface area contributed by atoms with Crippen LogP contribution < -0.4 is 0 Å². The number of likely N-dealkylation sites (tertiary alicyclic amines) is 1. The molecule has 2 aliphatic rings. The van der Waals surface area contributed by atoms with Gasteiger partial charge in [-0.1, -0.05) is 20.8 Å². The highest BCUT2D eigenvalue weighted by molar-refractivity contribution is 4.91. The first-order valence-electron chi connectivity index (χ1n) is 6.90. The molecule has 0 aromatic heterocycles. The maximum atomic E-state index is 10.2. The molecule has 0 bridgehead atoms. The fourth-order valence-electron chi connectivity index (χ4n) is 3.38. The van der Waals surface area contributed by atoms with Crippen LogP contribution in [-0.2, 0) is 0 Å². The molecule has 3 unspecified atom stereocenters. The van der Waals surface area contributed by atoms with E-state index in [1.807, 2.05) is 0 Å². The lowest BCUT2D eigenvalue weighted by Gasteiger charge is -2.43. The van der Waals surface area contributed by atoms with Crippen LogP contribution in [0.25, 0.3) is 0 Å². The van der Waals surface area contributed by atoms with E-state index < -0.39 is 0 Å². The van der Waals surface area contributed by atoms with Gasteiger partial charge in [0.2, 0.25) is 0 Å². The highest BCUT2D eigenvalue weighted by Gasteiger charge is 2.38. The van der Waals surface area contributed by atoms with Crippen LogP contribution in [0.4, 0.5) is 0 Å². The molecular formula is C14H27NO. The number of rotatable bonds is 1. The van der Waals surface area contributed by atoms with Crippen molar-refractivity contribution in [3.05, 3.63) is 0 Å². The molecule has 0 aromatic carbocycles. The second-order valence-corrected chi connectivity index (χ2v) is 6.75. The fourth-order valence-corrected chi connectivity index (χ4v) is 3.38. The van der Waals surface area contributed by atoms with E-state index in [2.05, 4.69) is 25.7 Å². The number of hydrogen-bond acceptors (Lipinski definition) is 2. The maximum Gasteiger partial charge on any atom is 0.0695 e. The molecule has 1 N–H and O–H groups in total. The molecule has 1 aliphatic heterocycles. The average Bonchev–Trinajstić information content (AvgIpc) is 2.69. The van der Waals surface area contributed by atoms with E-state index in [0.717, 1.165) is 12.3 Å². The average molecular weight is 225 g/mol. The van der Waals surface area contributed by atoms with E-state index in [0.29, 0.717) is 11.5 Å². The van der Waals surface area contributed by atoms with Crippen molar-refractivity contribution >= 4 is 0 Å². The summed E-state index contributed by atoms with van der Waals surface area (Å²) in [6.45, 7) is 9.44. The number of aliphatic hydroxyl groups excluding tert-OH is 1. The van der Waals surface area contributed by atoms with Crippen LogP contribution >= 0.6 is 0 Å². The quantitative estimate of drug-likeness (QED) is 0.741. The smallest absolute Gasteiger partial charge is 0.0695 e. The van der Waals surface area contributed by atoms with Gasteiger partial charge < -0.3 is 5.11 Å². The van der Waals surface area contributed by atoms with Crippen molar-refractivity contribution in [2.45, 2.75) is 65.0 Å². The Hall–Kier alpha value is -0.0800. The minimum absolute atomic E-state index is 0.0725. The Morgan fingerprint density at radius 1 is 1.06 bits per heavy atom. The van der Waals surface area contributed by atoms with Crippen molar-refractivity contribution in [2.24, 2.45) is 11.3 Å². The van der Waals surface area contributed by atoms with E-state index in [1.54, 1.807) is 0 Å². The summed E-state index contributed by atoms with van der Waals surface area (Å²) in [6, 6.07) is 0.445. The third kappa shape index (κ3) is 2.60. The monoisotopic (exact) mass is 225 g/mol. The fraction of sp³-hybridized carbons (Fsp3) is 1.00. The Labute approximate surface area is 100 Å². The SMILES string of the molecule is CC(C)(C)C1CCC(O)C(N2CCCC2)C1. The second-order valence-electron chi connectivity index (χ2n) is 6.75. The normalized spacial score (nSPS) is 37.9. The summed E-state index contributed by atoms with van der Waals surface area (Å²) in [5, 5.41) is 10.2. The predicted octanol–water partition coefficient (Wildman–Crippen LogP) is 2.66. The largest absolute Gasteiger partial charge is 0.391 e. The highest BCUT2D eigenvalue weighted by Crippen LogP contribution is 2.39. The van der Waals surface area contributed by atoms with Gasteiger partial charge in [-0.15, -0.1) is 0 Å². The van der Waals surface area contributed by atoms with Crippen LogP contribution in [-0.4, -0.2) is 35.2 Å². The second kappa shape index (κ2) is 4.66. The summed E-state index contributed by atoms with van der Waals surface area (Å²) < 4.78 is 0. The lowest BCUT2D eigenvalue weighted by molar-refractivity contribution is -0.00847. The molecule has 2 fully saturated rings. The molecule has 1 saturated heterocycles. The van der Waals surface area contributed by atoms with Crippen LogP contribution in [0.5, 0.6) is 0 Å². The lowest BCUT2D eigenvalue weighted by Crippen LogP contribution is -2.47. The van der Waals surface area contributed by atoms with Crippen LogP contribution in [0.15, 0.2) is 0 Å². The highest BCUT2D eigenvalue weighted by atomic mass is 16.3. The zero-order valence-electron chi connectivity index (χ0n) is 11.1. The van der Waals surface area contributed by atoms with Gasteiger partial charge in [-0.2, -0.15) is 0 Å². The van der Waals surface area contributed by atoms with Gasteiger partial charge in [0, 0.05) is 6.04 Å². The van der Waals surface area contributed by atoms with E-state index in [-0.39, 0.29) is 6.10 Å². The Kier molecular flexibility index (Phi) is 3.60. The Morgan fingerprint density at radius 3 is 2.25 bits per heavy atom. The van der Waals surface area contributed by atoms with E-state index >= 15 is 0 Å². The maximum absolute atomic E-state index is 10.2. The molecule has 94 valence electrons. The Bertz CT molecular complexity index is 227. The first-order chi connectivity index (χ1) is 7.48. The molecule has 1 heterocycles. The summed E-state index contributed by atoms with van der Waals surface area (Å²) in [4.78, 5) is 2.53. The molecule has 2 heteroatoms. The van der Waals surface area contributed by atoms with Crippen molar-refractivity contribution < 1.29 is 5.11 Å². The van der Waals surface area contributed by atoms with Crippen molar-refractivity contribution in [1.29, 1.82) is 0 Å². The lowest BCUT2D eigenvalue weighted by atomic mass is 9.70. The predicted molar refractivity (Wildman–Crippen MR) is 67.4 cm³/mol. The summed E-state index contributed by atoms with van der Waals surface area (Å²) in [6.07, 6.45) is 5.98. The first-order valence-corrected chi connectivity index (χ1v) is 6.90. The minimum Gasteiger partial charge on any atom is -0.391 e. The summed E-state index contributed by atoms with van der Waals surface area (Å²) >= 11 is 0. The number of nitrogens with zero attached hydrogens (tertiary/aromatic N) is 1. The zero-order chi connectivity index (χ0) is 11.8. The van der Waals surface area contributed by atoms with E-state index in [9.17, 15) is 5.11 Å². The minimum atomic E-state index is -0.0725. The first kappa shape index (κ1) is 12.4. The number of aliphatic hydroxyl groups is 1. The van der Waals surface area contributed by atoms with Gasteiger partial charge in [0.25, 0.3) is 0 Å². The van der Waals surface area contributed by atoms with Gasteiger partial charge in [0.15, 0.2) is 0 Å². The molecule has 0 radical (unpaired) electrons. The van der Waals surface area contributed by atoms with Crippen LogP contribution in [0.1, 0.15) is 52.9 Å². The van der Waals surface area contributed by atoms with Gasteiger partial charge in [-0.05, 0) is 56.5 Å². The van der Waals surface area contributed by atoms with Gasteiger partial charge in [0.05, 0.1) is 6.10 Å². The topological polar surface area (TPSA) is 23.5 Å². The van der Waals surface area contributed by atoms with Gasteiger partial charge in [0.1, 0.15) is 0 Å². The van der Waals surface area contributed by atoms with Gasteiger partial charge in [-0.3, -0.25) is 4.90 Å². The summed E-state index contributed by atoms with van der Waals surface area (Å²) in [5.41, 5.74) is 0.401. The van der Waals surface area contributed by atoms with E-state index in [1.165, 1.54) is 38.8 Å². The van der Waals surface area contributed by atoms with Crippen molar-refractivity contribution in [1.82, 2.24) is 4.90 Å². The molecule has 2 rings (SSSR count). The Balaban J connectivity index is 2.00. The summed E-state index contributed by atoms with van der Waals surface area (Å²) in [5.74, 6) is 0.779. The van der Waals surface area contributed by atoms with E-state index in [4.69, 9.17) is 0 Å². The van der Waals surface area contributed by atoms with Crippen LogP contribution in [0.3, 0.4) is 0 Å². The molecule has 1 saturated carbocycles. The molecule has 3 atom stereocenters. The Morgan fingerprint density at radius 2 is 1.69 bits per heavy atom. The van der Waals surface area contributed by atoms with Crippen LogP contribution in [0, 0.1) is 11.3 Å². The molecule has 16 heavy (non-hydrogen) atoms. The molecule has 0 amide bonds. The standard InChI is InChI=1S/C14H27NO/c1-14(2,3)11-6-7-13(16)12(10-11)15-8-4-5-9-15/h11-13,16H,4-10H2,1-3H3. The third-order valence-electron chi connectivity index (χ3n) is 4.62. The number of hydrogen-bond donors (Lipinski definition) is 1. The van der Waals surface area contributed by atoms with Gasteiger partial charge in [-0.25, -0.2) is 0 Å².